The molecule has 24 heavy (non-hydrogen) atoms. The summed E-state index contributed by atoms with van der Waals surface area (Å²) in [6, 6.07) is 14.6. The summed E-state index contributed by atoms with van der Waals surface area (Å²) in [7, 11) is 1.74. The molecule has 1 aromatic heterocycles. The molecule has 0 aliphatic heterocycles. The van der Waals surface area contributed by atoms with Gasteiger partial charge in [-0.05, 0) is 48.2 Å². The minimum Gasteiger partial charge on any atom is -0.261 e. The number of thiazole rings is 1. The molecule has 0 atom stereocenters. The van der Waals surface area contributed by atoms with Crippen LogP contribution in [-0.4, -0.2) is 24.2 Å². The quantitative estimate of drug-likeness (QED) is 0.500. The van der Waals surface area contributed by atoms with Gasteiger partial charge in [-0.2, -0.15) is 5.10 Å². The van der Waals surface area contributed by atoms with Crippen molar-refractivity contribution in [2.75, 3.05) is 13.3 Å². The number of thioether (sulfide) groups is 1. The number of aromatic nitrogens is 1. The van der Waals surface area contributed by atoms with Gasteiger partial charge < -0.3 is 0 Å². The highest BCUT2D eigenvalue weighted by Gasteiger charge is 2.07. The SMILES string of the molecule is CN=c1scc(-c2ccc(F)cc2)n1N=Cc1ccc(SC)cc1. The highest BCUT2D eigenvalue weighted by Crippen LogP contribution is 2.20. The van der Waals surface area contributed by atoms with Crippen LogP contribution in [0.1, 0.15) is 5.56 Å². The van der Waals surface area contributed by atoms with E-state index in [1.807, 2.05) is 23.8 Å². The number of hydrogen-bond donors (Lipinski definition) is 0. The van der Waals surface area contributed by atoms with Gasteiger partial charge in [-0.25, -0.2) is 9.07 Å². The summed E-state index contributed by atoms with van der Waals surface area (Å²) in [4.78, 5) is 6.26. The zero-order chi connectivity index (χ0) is 16.9. The van der Waals surface area contributed by atoms with E-state index in [1.165, 1.54) is 28.4 Å². The van der Waals surface area contributed by atoms with Gasteiger partial charge in [-0.3, -0.25) is 4.99 Å². The van der Waals surface area contributed by atoms with Crippen molar-refractivity contribution in [1.82, 2.24) is 4.68 Å². The van der Waals surface area contributed by atoms with Crippen LogP contribution in [0.3, 0.4) is 0 Å². The molecule has 3 aromatic rings. The predicted molar refractivity (Wildman–Crippen MR) is 100 cm³/mol. The summed E-state index contributed by atoms with van der Waals surface area (Å²) >= 11 is 3.21. The number of hydrogen-bond acceptors (Lipinski definition) is 4. The molecule has 0 bridgehead atoms. The molecule has 2 aromatic carbocycles. The third kappa shape index (κ3) is 3.66. The summed E-state index contributed by atoms with van der Waals surface area (Å²) in [5, 5.41) is 6.55. The zero-order valence-electron chi connectivity index (χ0n) is 13.3. The maximum atomic E-state index is 13.2. The Morgan fingerprint density at radius 1 is 1.08 bits per heavy atom. The minimum atomic E-state index is -0.252. The topological polar surface area (TPSA) is 29.6 Å². The first kappa shape index (κ1) is 16.7. The van der Waals surface area contributed by atoms with Crippen LogP contribution in [0, 0.1) is 5.82 Å². The predicted octanol–water partition coefficient (Wildman–Crippen LogP) is 4.49. The molecule has 0 aliphatic rings. The van der Waals surface area contributed by atoms with E-state index < -0.39 is 0 Å². The second-order valence-corrected chi connectivity index (χ2v) is 6.68. The van der Waals surface area contributed by atoms with Crippen LogP contribution in [0.4, 0.5) is 4.39 Å². The minimum absolute atomic E-state index is 0.252. The van der Waals surface area contributed by atoms with E-state index in [9.17, 15) is 4.39 Å². The standard InChI is InChI=1S/C18H16FN3S2/c1-20-18-22(21-11-13-3-9-16(23-2)10-4-13)17(12-24-18)14-5-7-15(19)8-6-14/h3-12H,1-2H3. The average Bonchev–Trinajstić information content (AvgIpc) is 3.04. The third-order valence-electron chi connectivity index (χ3n) is 3.45. The van der Waals surface area contributed by atoms with Crippen molar-refractivity contribution in [3.8, 4) is 11.3 Å². The average molecular weight is 357 g/mol. The molecular formula is C18H16FN3S2. The summed E-state index contributed by atoms with van der Waals surface area (Å²) in [6.45, 7) is 0. The Morgan fingerprint density at radius 3 is 2.42 bits per heavy atom. The molecule has 0 unspecified atom stereocenters. The monoisotopic (exact) mass is 357 g/mol. The zero-order valence-corrected chi connectivity index (χ0v) is 14.9. The van der Waals surface area contributed by atoms with Crippen LogP contribution in [0.5, 0.6) is 0 Å². The first-order valence-corrected chi connectivity index (χ1v) is 9.39. The van der Waals surface area contributed by atoms with E-state index in [4.69, 9.17) is 0 Å². The van der Waals surface area contributed by atoms with Gasteiger partial charge in [0.1, 0.15) is 5.82 Å². The number of nitrogens with zero attached hydrogens (tertiary/aromatic N) is 3. The van der Waals surface area contributed by atoms with E-state index >= 15 is 0 Å². The molecule has 0 aliphatic carbocycles. The van der Waals surface area contributed by atoms with E-state index in [2.05, 4.69) is 22.2 Å². The maximum Gasteiger partial charge on any atom is 0.205 e. The van der Waals surface area contributed by atoms with E-state index in [0.717, 1.165) is 21.6 Å². The molecule has 0 amide bonds. The molecule has 3 rings (SSSR count). The second kappa shape index (κ2) is 7.59. The van der Waals surface area contributed by atoms with Crippen molar-refractivity contribution in [3.05, 3.63) is 70.1 Å². The highest BCUT2D eigenvalue weighted by molar-refractivity contribution is 7.98. The van der Waals surface area contributed by atoms with Crippen LogP contribution in [-0.2, 0) is 0 Å². The Morgan fingerprint density at radius 2 is 1.79 bits per heavy atom. The third-order valence-corrected chi connectivity index (χ3v) is 5.11. The van der Waals surface area contributed by atoms with Crippen molar-refractivity contribution in [1.29, 1.82) is 0 Å². The Hall–Kier alpha value is -2.18. The van der Waals surface area contributed by atoms with Gasteiger partial charge in [0.05, 0.1) is 11.9 Å². The number of benzene rings is 2. The van der Waals surface area contributed by atoms with Gasteiger partial charge >= 0.3 is 0 Å². The van der Waals surface area contributed by atoms with Gasteiger partial charge in [0.2, 0.25) is 4.80 Å². The Balaban J connectivity index is 1.98. The van der Waals surface area contributed by atoms with Crippen molar-refractivity contribution in [3.63, 3.8) is 0 Å². The van der Waals surface area contributed by atoms with Gasteiger partial charge in [0.15, 0.2) is 0 Å². The Bertz CT molecular complexity index is 907. The van der Waals surface area contributed by atoms with Crippen molar-refractivity contribution < 1.29 is 4.39 Å². The summed E-state index contributed by atoms with van der Waals surface area (Å²) < 4.78 is 14.9. The Labute approximate surface area is 148 Å². The molecule has 0 radical (unpaired) electrons. The molecule has 1 heterocycles. The number of halogens is 1. The lowest BCUT2D eigenvalue weighted by Gasteiger charge is -2.03. The first-order chi connectivity index (χ1) is 11.7. The summed E-state index contributed by atoms with van der Waals surface area (Å²) in [6.07, 6.45) is 3.85. The largest absolute Gasteiger partial charge is 0.261 e. The molecule has 3 nitrogen and oxygen atoms in total. The molecule has 0 spiro atoms. The lowest BCUT2D eigenvalue weighted by molar-refractivity contribution is 0.628. The van der Waals surface area contributed by atoms with Crippen LogP contribution in [0.25, 0.3) is 11.3 Å². The number of rotatable bonds is 4. The lowest BCUT2D eigenvalue weighted by Crippen LogP contribution is -2.11. The smallest absolute Gasteiger partial charge is 0.205 e. The van der Waals surface area contributed by atoms with Crippen LogP contribution < -0.4 is 4.80 Å². The highest BCUT2D eigenvalue weighted by atomic mass is 32.2. The summed E-state index contributed by atoms with van der Waals surface area (Å²) in [5.74, 6) is -0.252. The van der Waals surface area contributed by atoms with Gasteiger partial charge in [-0.15, -0.1) is 23.1 Å². The van der Waals surface area contributed by atoms with Gasteiger partial charge in [-0.1, -0.05) is 12.1 Å². The van der Waals surface area contributed by atoms with Crippen molar-refractivity contribution in [2.24, 2.45) is 10.1 Å². The van der Waals surface area contributed by atoms with E-state index in [-0.39, 0.29) is 5.82 Å². The summed E-state index contributed by atoms with van der Waals surface area (Å²) in [5.41, 5.74) is 2.80. The normalized spacial score (nSPS) is 12.2. The van der Waals surface area contributed by atoms with Gasteiger partial charge in [0, 0.05) is 22.9 Å². The molecule has 0 saturated heterocycles. The van der Waals surface area contributed by atoms with Crippen LogP contribution in [0.15, 0.2) is 68.9 Å². The first-order valence-electron chi connectivity index (χ1n) is 7.29. The van der Waals surface area contributed by atoms with Crippen LogP contribution >= 0.6 is 23.1 Å². The van der Waals surface area contributed by atoms with E-state index in [1.54, 1.807) is 41.8 Å². The molecule has 0 saturated carbocycles. The van der Waals surface area contributed by atoms with E-state index in [0.29, 0.717) is 0 Å². The second-order valence-electron chi connectivity index (χ2n) is 4.96. The van der Waals surface area contributed by atoms with Crippen molar-refractivity contribution >= 4 is 29.3 Å². The fraction of sp³-hybridized carbons (Fsp3) is 0.111. The fourth-order valence-corrected chi connectivity index (χ4v) is 3.41. The molecule has 6 heteroatoms. The maximum absolute atomic E-state index is 13.2. The molecular weight excluding hydrogens is 341 g/mol. The fourth-order valence-electron chi connectivity index (χ4n) is 2.20. The Kier molecular flexibility index (Phi) is 5.27. The van der Waals surface area contributed by atoms with Gasteiger partial charge in [0.25, 0.3) is 0 Å². The molecule has 0 fully saturated rings. The molecule has 122 valence electrons. The van der Waals surface area contributed by atoms with Crippen molar-refractivity contribution in [2.45, 2.75) is 4.90 Å². The molecule has 0 N–H and O–H groups in total. The lowest BCUT2D eigenvalue weighted by atomic mass is 10.2. The van der Waals surface area contributed by atoms with Crippen LogP contribution in [0.2, 0.25) is 0 Å².